The molecule has 0 saturated heterocycles. The molecule has 19 heavy (non-hydrogen) atoms. The summed E-state index contributed by atoms with van der Waals surface area (Å²) in [7, 11) is 0. The molecule has 0 amide bonds. The predicted molar refractivity (Wildman–Crippen MR) is 81.7 cm³/mol. The van der Waals surface area contributed by atoms with Crippen molar-refractivity contribution in [3.05, 3.63) is 53.6 Å². The van der Waals surface area contributed by atoms with Gasteiger partial charge in [0.05, 0.1) is 0 Å². The summed E-state index contributed by atoms with van der Waals surface area (Å²) < 4.78 is 0. The Kier molecular flexibility index (Phi) is 3.94. The average Bonchev–Trinajstić information content (AvgIpc) is 2.39. The third kappa shape index (κ3) is 2.98. The van der Waals surface area contributed by atoms with Crippen LogP contribution in [0.2, 0.25) is 0 Å². The molecular weight excluding hydrogens is 232 g/mol. The van der Waals surface area contributed by atoms with Gasteiger partial charge >= 0.3 is 0 Å². The Bertz CT molecular complexity index is 550. The highest BCUT2D eigenvalue weighted by Gasteiger charge is 2.08. The first-order valence-corrected chi connectivity index (χ1v) is 6.92. The summed E-state index contributed by atoms with van der Waals surface area (Å²) in [6.07, 6.45) is 0. The summed E-state index contributed by atoms with van der Waals surface area (Å²) in [5, 5.41) is 10.0. The fourth-order valence-corrected chi connectivity index (χ4v) is 2.19. The fraction of sp³-hybridized carbons (Fsp3) is 0.333. The van der Waals surface area contributed by atoms with Crippen LogP contribution in [0.4, 0.5) is 0 Å². The highest BCUT2D eigenvalue weighted by atomic mass is 16.3. The molecule has 1 N–H and O–H groups in total. The van der Waals surface area contributed by atoms with Gasteiger partial charge in [-0.05, 0) is 40.7 Å². The minimum atomic E-state index is 0.349. The molecule has 0 aliphatic rings. The molecule has 1 heteroatoms. The molecule has 0 unspecified atom stereocenters. The van der Waals surface area contributed by atoms with Gasteiger partial charge < -0.3 is 5.11 Å². The predicted octanol–water partition coefficient (Wildman–Crippen LogP) is 5.31. The number of rotatable bonds is 3. The highest BCUT2D eigenvalue weighted by molar-refractivity contribution is 5.71. The first-order chi connectivity index (χ1) is 8.99. The van der Waals surface area contributed by atoms with E-state index in [9.17, 15) is 5.11 Å². The first-order valence-electron chi connectivity index (χ1n) is 6.92. The molecule has 0 saturated carbocycles. The van der Waals surface area contributed by atoms with Crippen LogP contribution < -0.4 is 0 Å². The fourth-order valence-electron chi connectivity index (χ4n) is 2.19. The van der Waals surface area contributed by atoms with Crippen molar-refractivity contribution in [1.82, 2.24) is 0 Å². The standard InChI is InChI=1S/C18H22O/c1-12(2)14-5-7-15(8-6-14)17-11-16(13(3)4)9-10-18(17)19/h5-13,19H,1-4H3. The molecule has 0 aliphatic carbocycles. The van der Waals surface area contributed by atoms with E-state index in [1.807, 2.05) is 6.07 Å². The number of phenols is 1. The van der Waals surface area contributed by atoms with Gasteiger partial charge in [-0.2, -0.15) is 0 Å². The summed E-state index contributed by atoms with van der Waals surface area (Å²) in [6.45, 7) is 8.70. The maximum atomic E-state index is 10.0. The van der Waals surface area contributed by atoms with Gasteiger partial charge in [0.2, 0.25) is 0 Å². The second-order valence-electron chi connectivity index (χ2n) is 5.71. The lowest BCUT2D eigenvalue weighted by Gasteiger charge is -2.12. The smallest absolute Gasteiger partial charge is 0.123 e. The van der Waals surface area contributed by atoms with Crippen molar-refractivity contribution in [3.63, 3.8) is 0 Å². The Labute approximate surface area is 115 Å². The highest BCUT2D eigenvalue weighted by Crippen LogP contribution is 2.32. The lowest BCUT2D eigenvalue weighted by atomic mass is 9.95. The van der Waals surface area contributed by atoms with E-state index in [0.717, 1.165) is 11.1 Å². The molecule has 0 spiro atoms. The van der Waals surface area contributed by atoms with Gasteiger partial charge in [-0.1, -0.05) is 58.0 Å². The van der Waals surface area contributed by atoms with Gasteiger partial charge in [-0.15, -0.1) is 0 Å². The van der Waals surface area contributed by atoms with Crippen LogP contribution in [0.1, 0.15) is 50.7 Å². The van der Waals surface area contributed by atoms with E-state index < -0.39 is 0 Å². The molecular formula is C18H22O. The van der Waals surface area contributed by atoms with Crippen LogP contribution in [-0.4, -0.2) is 5.11 Å². The van der Waals surface area contributed by atoms with Gasteiger partial charge in [0.15, 0.2) is 0 Å². The molecule has 0 bridgehead atoms. The van der Waals surface area contributed by atoms with Crippen LogP contribution in [0.25, 0.3) is 11.1 Å². The lowest BCUT2D eigenvalue weighted by molar-refractivity contribution is 0.477. The quantitative estimate of drug-likeness (QED) is 0.787. The van der Waals surface area contributed by atoms with Crippen LogP contribution in [0.5, 0.6) is 5.75 Å². The zero-order valence-corrected chi connectivity index (χ0v) is 12.1. The van der Waals surface area contributed by atoms with Gasteiger partial charge in [-0.25, -0.2) is 0 Å². The number of phenolic OH excluding ortho intramolecular Hbond substituents is 1. The van der Waals surface area contributed by atoms with E-state index in [1.54, 1.807) is 6.07 Å². The van der Waals surface area contributed by atoms with Gasteiger partial charge in [0, 0.05) is 5.56 Å². The maximum Gasteiger partial charge on any atom is 0.123 e. The molecule has 0 atom stereocenters. The van der Waals surface area contributed by atoms with E-state index in [0.29, 0.717) is 17.6 Å². The van der Waals surface area contributed by atoms with Crippen molar-refractivity contribution in [1.29, 1.82) is 0 Å². The molecule has 0 aromatic heterocycles. The molecule has 100 valence electrons. The normalized spacial score (nSPS) is 11.3. The van der Waals surface area contributed by atoms with Crippen LogP contribution in [0.3, 0.4) is 0 Å². The Balaban J connectivity index is 2.43. The van der Waals surface area contributed by atoms with Gasteiger partial charge in [-0.3, -0.25) is 0 Å². The van der Waals surface area contributed by atoms with Crippen molar-refractivity contribution in [2.24, 2.45) is 0 Å². The van der Waals surface area contributed by atoms with Crippen molar-refractivity contribution in [2.45, 2.75) is 39.5 Å². The van der Waals surface area contributed by atoms with E-state index in [4.69, 9.17) is 0 Å². The number of hydrogen-bond donors (Lipinski definition) is 1. The number of benzene rings is 2. The van der Waals surface area contributed by atoms with Crippen molar-refractivity contribution in [3.8, 4) is 16.9 Å². The maximum absolute atomic E-state index is 10.0. The minimum absolute atomic E-state index is 0.349. The Morgan fingerprint density at radius 2 is 1.26 bits per heavy atom. The third-order valence-electron chi connectivity index (χ3n) is 3.58. The second kappa shape index (κ2) is 5.48. The third-order valence-corrected chi connectivity index (χ3v) is 3.58. The van der Waals surface area contributed by atoms with Crippen LogP contribution in [0.15, 0.2) is 42.5 Å². The van der Waals surface area contributed by atoms with E-state index in [2.05, 4.69) is 58.0 Å². The average molecular weight is 254 g/mol. The molecule has 2 rings (SSSR count). The second-order valence-corrected chi connectivity index (χ2v) is 5.71. The summed E-state index contributed by atoms with van der Waals surface area (Å²) >= 11 is 0. The Morgan fingerprint density at radius 3 is 1.79 bits per heavy atom. The molecule has 0 radical (unpaired) electrons. The first kappa shape index (κ1) is 13.7. The summed E-state index contributed by atoms with van der Waals surface area (Å²) in [4.78, 5) is 0. The van der Waals surface area contributed by atoms with Crippen LogP contribution in [0, 0.1) is 0 Å². The molecule has 0 aliphatic heterocycles. The lowest BCUT2D eigenvalue weighted by Crippen LogP contribution is -1.90. The summed E-state index contributed by atoms with van der Waals surface area (Å²) in [6, 6.07) is 14.3. The molecule has 2 aromatic rings. The molecule has 2 aromatic carbocycles. The number of hydrogen-bond acceptors (Lipinski definition) is 1. The summed E-state index contributed by atoms with van der Waals surface area (Å²) in [5.41, 5.74) is 4.56. The van der Waals surface area contributed by atoms with E-state index in [1.165, 1.54) is 11.1 Å². The zero-order chi connectivity index (χ0) is 14.0. The van der Waals surface area contributed by atoms with E-state index in [-0.39, 0.29) is 0 Å². The largest absolute Gasteiger partial charge is 0.507 e. The molecule has 0 fully saturated rings. The zero-order valence-electron chi connectivity index (χ0n) is 12.1. The minimum Gasteiger partial charge on any atom is -0.507 e. The Morgan fingerprint density at radius 1 is 0.737 bits per heavy atom. The van der Waals surface area contributed by atoms with Gasteiger partial charge in [0.1, 0.15) is 5.75 Å². The van der Waals surface area contributed by atoms with Crippen molar-refractivity contribution >= 4 is 0 Å². The summed E-state index contributed by atoms with van der Waals surface area (Å²) in [5.74, 6) is 1.35. The molecule has 0 heterocycles. The Hall–Kier alpha value is -1.76. The monoisotopic (exact) mass is 254 g/mol. The van der Waals surface area contributed by atoms with Crippen LogP contribution >= 0.6 is 0 Å². The van der Waals surface area contributed by atoms with E-state index >= 15 is 0 Å². The topological polar surface area (TPSA) is 20.2 Å². The van der Waals surface area contributed by atoms with Crippen LogP contribution in [-0.2, 0) is 0 Å². The van der Waals surface area contributed by atoms with Crippen molar-refractivity contribution in [2.75, 3.05) is 0 Å². The number of aromatic hydroxyl groups is 1. The van der Waals surface area contributed by atoms with Crippen molar-refractivity contribution < 1.29 is 5.11 Å². The molecule has 1 nitrogen and oxygen atoms in total. The van der Waals surface area contributed by atoms with Gasteiger partial charge in [0.25, 0.3) is 0 Å². The SMILES string of the molecule is CC(C)c1ccc(-c2cc(C(C)C)ccc2O)cc1.